The molecule has 510 valence electrons. The van der Waals surface area contributed by atoms with E-state index >= 15 is 0 Å². The molecule has 22 nitrogen and oxygen atoms in total. The standard InChI is InChI=1S/C33H39N7O7S.C19H23N3O2.C5H12.C4H10N2O.3C2H6.CH3Cl/c1-19(2)30(35-12-11-34-27(42)4-3-13-40-29(44)16-26(48)33(40)47)32(46)36-17-28(43)38-22-7-5-20(6-8-22)31(45)39-23-9-10-25-21(14-23)15-24(18-41)37-25;1-20-9-11-22(12-10-20)19(23)24-18-13-17-15(7-8-21(17)2)14-5-3-4-6-16(14)18;1-3-5-4-2;1-2-3-6-4(5)7;4*1-2/h5-10,14-15,18-19,26,30,35,37,48H,3-4,11-13,16-17H2,1-2H3,(H,34,42)(H,36,46)(H,38,43)(H,39,45);3-6,13H,7-12H2,1-2H3;3-5H2,1-2H3;2-3H2,1H3,(H3,5,6,7);3*1-2H3;1H3. The first-order valence-corrected chi connectivity index (χ1v) is 33.5. The number of rotatable bonds is 21. The van der Waals surface area contributed by atoms with E-state index in [9.17, 15) is 43.2 Å². The number of carbonyl (C=O) groups excluding carboxylic acids is 9. The number of H-pyrrole nitrogens is 1. The summed E-state index contributed by atoms with van der Waals surface area (Å²) in [7, 11) is 4.17. The fourth-order valence-electron chi connectivity index (χ4n) is 9.36. The molecule has 3 aliphatic rings. The molecule has 0 aliphatic carbocycles. The highest BCUT2D eigenvalue weighted by Gasteiger charge is 2.36. The number of likely N-dealkylation sites (tertiary alicyclic amines) is 1. The lowest BCUT2D eigenvalue weighted by Gasteiger charge is -2.31. The first-order valence-electron chi connectivity index (χ1n) is 32.2. The van der Waals surface area contributed by atoms with Gasteiger partial charge in [0.25, 0.3) is 5.91 Å². The Kier molecular flexibility index (Phi) is 41.5. The highest BCUT2D eigenvalue weighted by molar-refractivity contribution is 7.81. The van der Waals surface area contributed by atoms with Crippen molar-refractivity contribution in [2.75, 3.05) is 101 Å². The molecule has 9 N–H and O–H groups in total. The second kappa shape index (κ2) is 46.4. The summed E-state index contributed by atoms with van der Waals surface area (Å²) in [5, 5.41) is 18.8. The number of hydrogen-bond acceptors (Lipinski definition) is 14. The lowest BCUT2D eigenvalue weighted by molar-refractivity contribution is -0.138. The molecule has 0 bridgehead atoms. The maximum absolute atomic E-state index is 12.8. The number of alkyl halides is 1. The quantitative estimate of drug-likeness (QED) is 0.0109. The van der Waals surface area contributed by atoms with E-state index in [1.54, 1.807) is 53.4 Å². The number of hydrogen-bond donors (Lipinski definition) is 9. The SMILES string of the molecule is CC.CC.CC.CC(C)C(NCCNC(=O)CCCN1C(=O)CC(S)C1=O)C(=O)NCC(=O)Nc1ccc(C(=O)Nc2ccc3[nH]c(C=O)cc3c2)cc1.CCCCC.CCCNC(N)=O.CCl.CN1CCN(C(=O)Oc2cc3c(c4ccccc24)CCN3C)CC1. The zero-order chi connectivity index (χ0) is 69.3. The third kappa shape index (κ3) is 28.0. The highest BCUT2D eigenvalue weighted by Crippen LogP contribution is 2.39. The lowest BCUT2D eigenvalue weighted by atomic mass is 10.0. The fraction of sp³-hybridized carbons (Fsp3) is 0.515. The van der Waals surface area contributed by atoms with Crippen molar-refractivity contribution in [3.8, 4) is 5.75 Å². The van der Waals surface area contributed by atoms with Gasteiger partial charge in [0.2, 0.25) is 29.5 Å². The third-order valence-corrected chi connectivity index (χ3v) is 14.5. The van der Waals surface area contributed by atoms with Crippen LogP contribution in [-0.2, 0) is 30.4 Å². The van der Waals surface area contributed by atoms with Crippen molar-refractivity contribution in [2.24, 2.45) is 11.7 Å². The van der Waals surface area contributed by atoms with Crippen molar-refractivity contribution < 1.29 is 47.9 Å². The molecule has 92 heavy (non-hydrogen) atoms. The van der Waals surface area contributed by atoms with E-state index in [0.29, 0.717) is 47.9 Å². The molecule has 24 heteroatoms. The number of imide groups is 1. The van der Waals surface area contributed by atoms with Crippen LogP contribution in [0, 0.1) is 5.92 Å². The molecule has 2 saturated heterocycles. The molecule has 4 heterocycles. The number of fused-ring (bicyclic) bond motifs is 4. The number of nitrogens with zero attached hydrogens (tertiary/aromatic N) is 4. The first-order chi connectivity index (χ1) is 44.3. The van der Waals surface area contributed by atoms with Crippen LogP contribution in [-0.4, -0.2) is 171 Å². The van der Waals surface area contributed by atoms with Gasteiger partial charge in [0.1, 0.15) is 5.75 Å². The number of carbonyl (C=O) groups is 9. The molecule has 3 aliphatic heterocycles. The Bertz CT molecular complexity index is 3060. The molecule has 8 rings (SSSR count). The number of nitrogens with one attached hydrogen (secondary N) is 7. The van der Waals surface area contributed by atoms with Crippen LogP contribution in [0.4, 0.5) is 26.7 Å². The monoisotopic (exact) mass is 1320 g/mol. The Balaban J connectivity index is 0.000000790. The van der Waals surface area contributed by atoms with Crippen LogP contribution in [0.5, 0.6) is 5.75 Å². The number of halogens is 1. The summed E-state index contributed by atoms with van der Waals surface area (Å²) in [4.78, 5) is 118. The van der Waals surface area contributed by atoms with Gasteiger partial charge in [-0.05, 0) is 91.7 Å². The van der Waals surface area contributed by atoms with Crippen molar-refractivity contribution in [1.29, 1.82) is 0 Å². The Morgan fingerprint density at radius 3 is 1.92 bits per heavy atom. The van der Waals surface area contributed by atoms with Gasteiger partial charge in [-0.2, -0.15) is 12.6 Å². The molecule has 2 atom stereocenters. The van der Waals surface area contributed by atoms with E-state index < -0.39 is 23.2 Å². The van der Waals surface area contributed by atoms with Gasteiger partial charge in [0.15, 0.2) is 6.29 Å². The normalized spacial score (nSPS) is 13.9. The number of amides is 9. The minimum atomic E-state index is -0.614. The Morgan fingerprint density at radius 2 is 1.37 bits per heavy atom. The number of urea groups is 1. The summed E-state index contributed by atoms with van der Waals surface area (Å²) in [6.45, 7) is 27.5. The van der Waals surface area contributed by atoms with Crippen molar-refractivity contribution in [1.82, 2.24) is 41.0 Å². The Hall–Kier alpha value is -7.73. The third-order valence-electron chi connectivity index (χ3n) is 14.1. The molecule has 9 amide bonds. The zero-order valence-electron chi connectivity index (χ0n) is 56.8. The molecule has 0 saturated carbocycles. The fourth-order valence-corrected chi connectivity index (χ4v) is 9.66. The minimum Gasteiger partial charge on any atom is -0.409 e. The van der Waals surface area contributed by atoms with Crippen molar-refractivity contribution in [3.63, 3.8) is 0 Å². The van der Waals surface area contributed by atoms with Crippen LogP contribution in [0.15, 0.2) is 78.9 Å². The zero-order valence-corrected chi connectivity index (χ0v) is 58.5. The topological polar surface area (TPSA) is 290 Å². The van der Waals surface area contributed by atoms with Crippen molar-refractivity contribution >= 4 is 117 Å². The van der Waals surface area contributed by atoms with Gasteiger partial charge in [-0.15, -0.1) is 11.6 Å². The molecule has 2 unspecified atom stereocenters. The second-order valence-electron chi connectivity index (χ2n) is 21.1. The molecule has 1 aromatic heterocycles. The number of anilines is 3. The first kappa shape index (κ1) is 82.3. The number of aromatic nitrogens is 1. The predicted octanol–water partition coefficient (Wildman–Crippen LogP) is 10.6. The van der Waals surface area contributed by atoms with Crippen LogP contribution in [0.2, 0.25) is 0 Å². The highest BCUT2D eigenvalue weighted by atomic mass is 35.5. The molecule has 0 radical (unpaired) electrons. The smallest absolute Gasteiger partial charge is 0.409 e. The van der Waals surface area contributed by atoms with Crippen LogP contribution < -0.4 is 47.3 Å². The van der Waals surface area contributed by atoms with Gasteiger partial charge in [0.05, 0.1) is 23.5 Å². The van der Waals surface area contributed by atoms with Crippen molar-refractivity contribution in [3.05, 3.63) is 95.7 Å². The number of benzene rings is 4. The van der Waals surface area contributed by atoms with Gasteiger partial charge in [-0.3, -0.25) is 38.5 Å². The number of piperazine rings is 1. The predicted molar refractivity (Wildman–Crippen MR) is 378 cm³/mol. The summed E-state index contributed by atoms with van der Waals surface area (Å²) in [6.07, 6.45) is 8.56. The van der Waals surface area contributed by atoms with Gasteiger partial charge >= 0.3 is 12.1 Å². The summed E-state index contributed by atoms with van der Waals surface area (Å²) in [6, 6.07) is 22.4. The Morgan fingerprint density at radius 1 is 0.739 bits per heavy atom. The largest absolute Gasteiger partial charge is 0.415 e. The number of aldehydes is 1. The summed E-state index contributed by atoms with van der Waals surface area (Å²) in [5.74, 6) is -1.46. The molecular weight excluding hydrogens is 1210 g/mol. The van der Waals surface area contributed by atoms with Gasteiger partial charge in [-0.1, -0.05) is 120 Å². The van der Waals surface area contributed by atoms with Gasteiger partial charge in [0, 0.05) is 130 Å². The molecule has 5 aromatic rings. The number of nitrogens with two attached hydrogens (primary N) is 1. The van der Waals surface area contributed by atoms with E-state index in [1.807, 2.05) is 86.6 Å². The van der Waals surface area contributed by atoms with E-state index in [2.05, 4.69) is 105 Å². The molecular formula is C68H105ClN12O10S. The van der Waals surface area contributed by atoms with E-state index in [1.165, 1.54) is 42.3 Å². The van der Waals surface area contributed by atoms with E-state index in [0.717, 1.165) is 73.0 Å². The number of likely N-dealkylation sites (N-methyl/N-ethyl adjacent to an activating group) is 2. The van der Waals surface area contributed by atoms with Crippen molar-refractivity contribution in [2.45, 2.75) is 139 Å². The maximum Gasteiger partial charge on any atom is 0.415 e. The van der Waals surface area contributed by atoms with E-state index in [-0.39, 0.29) is 74.0 Å². The summed E-state index contributed by atoms with van der Waals surface area (Å²) < 4.78 is 5.82. The lowest BCUT2D eigenvalue weighted by Crippen LogP contribution is -2.50. The average Bonchev–Trinajstić information content (AvgIpc) is 1.46. The van der Waals surface area contributed by atoms with Gasteiger partial charge < -0.3 is 62.1 Å². The number of thiol groups is 1. The summed E-state index contributed by atoms with van der Waals surface area (Å²) >= 11 is 8.72. The molecule has 4 aromatic carbocycles. The van der Waals surface area contributed by atoms with Crippen LogP contribution in [0.25, 0.3) is 21.7 Å². The van der Waals surface area contributed by atoms with Gasteiger partial charge in [-0.25, -0.2) is 9.59 Å². The number of unbranched alkanes of at least 4 members (excludes halogenated alkanes) is 2. The second-order valence-corrected chi connectivity index (χ2v) is 21.7. The number of primary amides is 1. The average molecular weight is 1320 g/mol. The summed E-state index contributed by atoms with van der Waals surface area (Å²) in [5.41, 5.74) is 9.85. The molecule has 0 spiro atoms. The maximum atomic E-state index is 12.8. The Labute approximate surface area is 556 Å². The van der Waals surface area contributed by atoms with Crippen LogP contribution in [0.1, 0.15) is 148 Å². The van der Waals surface area contributed by atoms with Crippen LogP contribution >= 0.6 is 24.2 Å². The number of aromatic amines is 1. The number of ether oxygens (including phenoxy) is 1. The van der Waals surface area contributed by atoms with E-state index in [4.69, 9.17) is 10.5 Å². The molecule has 2 fully saturated rings. The van der Waals surface area contributed by atoms with Crippen LogP contribution in [0.3, 0.4) is 0 Å². The minimum absolute atomic E-state index is 0.0755.